The van der Waals surface area contributed by atoms with E-state index >= 15 is 0 Å². The van der Waals surface area contributed by atoms with E-state index in [-0.39, 0.29) is 0 Å². The maximum absolute atomic E-state index is 3.52. The van der Waals surface area contributed by atoms with Crippen molar-refractivity contribution in [3.8, 4) is 0 Å². The van der Waals surface area contributed by atoms with Gasteiger partial charge in [-0.05, 0) is 44.7 Å². The lowest BCUT2D eigenvalue weighted by atomic mass is 10.1. The summed E-state index contributed by atoms with van der Waals surface area (Å²) in [7, 11) is 0. The second kappa shape index (κ2) is 7.47. The summed E-state index contributed by atoms with van der Waals surface area (Å²) in [6.45, 7) is 5.63. The van der Waals surface area contributed by atoms with Crippen LogP contribution in [0.25, 0.3) is 0 Å². The highest BCUT2D eigenvalue weighted by Gasteiger charge is 1.96. The van der Waals surface area contributed by atoms with Gasteiger partial charge in [-0.25, -0.2) is 0 Å². The molecule has 84 valence electrons. The molecular weight excluding hydrogens is 182 g/mol. The molecule has 0 spiro atoms. The van der Waals surface area contributed by atoms with Crippen LogP contribution in [0.15, 0.2) is 30.3 Å². The van der Waals surface area contributed by atoms with Crippen molar-refractivity contribution < 1.29 is 0 Å². The van der Waals surface area contributed by atoms with Crippen LogP contribution in [-0.2, 0) is 6.42 Å². The fraction of sp³-hybridized carbons (Fsp3) is 0.571. The first-order valence-electron chi connectivity index (χ1n) is 6.10. The second-order valence-corrected chi connectivity index (χ2v) is 4.21. The van der Waals surface area contributed by atoms with Gasteiger partial charge in [0.25, 0.3) is 0 Å². The maximum Gasteiger partial charge on any atom is 0.00360 e. The highest BCUT2D eigenvalue weighted by molar-refractivity contribution is 5.14. The van der Waals surface area contributed by atoms with Crippen LogP contribution < -0.4 is 5.32 Å². The molecule has 1 unspecified atom stereocenters. The summed E-state index contributed by atoms with van der Waals surface area (Å²) in [6, 6.07) is 11.4. The van der Waals surface area contributed by atoms with Crippen molar-refractivity contribution >= 4 is 0 Å². The van der Waals surface area contributed by atoms with E-state index in [1.807, 2.05) is 0 Å². The first-order valence-corrected chi connectivity index (χ1v) is 6.10. The van der Waals surface area contributed by atoms with Crippen molar-refractivity contribution in [2.75, 3.05) is 6.54 Å². The molecule has 1 heteroatoms. The molecule has 0 saturated carbocycles. The molecule has 15 heavy (non-hydrogen) atoms. The summed E-state index contributed by atoms with van der Waals surface area (Å²) in [4.78, 5) is 0. The monoisotopic (exact) mass is 205 g/mol. The van der Waals surface area contributed by atoms with Gasteiger partial charge in [0, 0.05) is 6.04 Å². The van der Waals surface area contributed by atoms with E-state index in [0.29, 0.717) is 6.04 Å². The van der Waals surface area contributed by atoms with Crippen LogP contribution in [0.5, 0.6) is 0 Å². The molecule has 1 atom stereocenters. The molecule has 0 saturated heterocycles. The third-order valence-electron chi connectivity index (χ3n) is 2.84. The average molecular weight is 205 g/mol. The Morgan fingerprint density at radius 3 is 2.53 bits per heavy atom. The number of hydrogen-bond acceptors (Lipinski definition) is 1. The summed E-state index contributed by atoms with van der Waals surface area (Å²) in [6.07, 6.45) is 4.99. The minimum absolute atomic E-state index is 0.668. The molecule has 1 N–H and O–H groups in total. The zero-order chi connectivity index (χ0) is 10.9. The Bertz CT molecular complexity index is 243. The first kappa shape index (κ1) is 12.3. The number of benzene rings is 1. The summed E-state index contributed by atoms with van der Waals surface area (Å²) >= 11 is 0. The van der Waals surface area contributed by atoms with E-state index in [2.05, 4.69) is 49.5 Å². The Kier molecular flexibility index (Phi) is 6.10. The molecule has 0 heterocycles. The standard InChI is InChI=1S/C14H23N/c1-3-13(2)15-12-8-7-11-14-9-5-4-6-10-14/h4-6,9-10,13,15H,3,7-8,11-12H2,1-2H3. The van der Waals surface area contributed by atoms with Gasteiger partial charge in [-0.15, -0.1) is 0 Å². The minimum atomic E-state index is 0.668. The van der Waals surface area contributed by atoms with E-state index in [9.17, 15) is 0 Å². The van der Waals surface area contributed by atoms with Crippen LogP contribution >= 0.6 is 0 Å². The van der Waals surface area contributed by atoms with Crippen LogP contribution in [0.1, 0.15) is 38.7 Å². The van der Waals surface area contributed by atoms with Gasteiger partial charge in [-0.3, -0.25) is 0 Å². The highest BCUT2D eigenvalue weighted by Crippen LogP contribution is 2.03. The van der Waals surface area contributed by atoms with Gasteiger partial charge in [-0.2, -0.15) is 0 Å². The molecule has 0 fully saturated rings. The summed E-state index contributed by atoms with van der Waals surface area (Å²) in [5.74, 6) is 0. The van der Waals surface area contributed by atoms with Gasteiger partial charge >= 0.3 is 0 Å². The predicted molar refractivity (Wildman–Crippen MR) is 67.1 cm³/mol. The van der Waals surface area contributed by atoms with Crippen LogP contribution in [-0.4, -0.2) is 12.6 Å². The molecule has 1 rings (SSSR count). The third-order valence-corrected chi connectivity index (χ3v) is 2.84. The smallest absolute Gasteiger partial charge is 0.00360 e. The predicted octanol–water partition coefficient (Wildman–Crippen LogP) is 3.40. The zero-order valence-electron chi connectivity index (χ0n) is 10.00. The molecule has 0 aromatic heterocycles. The molecular formula is C14H23N. The third kappa shape index (κ3) is 5.58. The van der Waals surface area contributed by atoms with Crippen LogP contribution in [0.3, 0.4) is 0 Å². The SMILES string of the molecule is CCC(C)NCCCCc1ccccc1. The largest absolute Gasteiger partial charge is 0.314 e. The lowest BCUT2D eigenvalue weighted by molar-refractivity contribution is 0.516. The molecule has 0 aliphatic rings. The normalized spacial score (nSPS) is 12.7. The fourth-order valence-electron chi connectivity index (χ4n) is 1.59. The Hall–Kier alpha value is -0.820. The fourth-order valence-corrected chi connectivity index (χ4v) is 1.59. The highest BCUT2D eigenvalue weighted by atomic mass is 14.9. The second-order valence-electron chi connectivity index (χ2n) is 4.21. The van der Waals surface area contributed by atoms with Crippen molar-refractivity contribution in [2.45, 2.75) is 45.6 Å². The van der Waals surface area contributed by atoms with Crippen molar-refractivity contribution in [3.05, 3.63) is 35.9 Å². The van der Waals surface area contributed by atoms with E-state index in [4.69, 9.17) is 0 Å². The maximum atomic E-state index is 3.52. The molecule has 1 aromatic rings. The number of nitrogens with one attached hydrogen (secondary N) is 1. The van der Waals surface area contributed by atoms with E-state index in [0.717, 1.165) is 6.54 Å². The van der Waals surface area contributed by atoms with Gasteiger partial charge in [0.2, 0.25) is 0 Å². The van der Waals surface area contributed by atoms with Crippen molar-refractivity contribution in [3.63, 3.8) is 0 Å². The molecule has 0 bridgehead atoms. The Morgan fingerprint density at radius 1 is 1.13 bits per heavy atom. The van der Waals surface area contributed by atoms with Gasteiger partial charge in [0.05, 0.1) is 0 Å². The molecule has 0 aliphatic heterocycles. The number of aryl methyl sites for hydroxylation is 1. The minimum Gasteiger partial charge on any atom is -0.314 e. The van der Waals surface area contributed by atoms with Crippen molar-refractivity contribution in [1.82, 2.24) is 5.32 Å². The van der Waals surface area contributed by atoms with Crippen LogP contribution in [0, 0.1) is 0 Å². The van der Waals surface area contributed by atoms with Crippen molar-refractivity contribution in [1.29, 1.82) is 0 Å². The Morgan fingerprint density at radius 2 is 1.87 bits per heavy atom. The molecule has 0 radical (unpaired) electrons. The molecule has 1 nitrogen and oxygen atoms in total. The van der Waals surface area contributed by atoms with Gasteiger partial charge < -0.3 is 5.32 Å². The quantitative estimate of drug-likeness (QED) is 0.673. The van der Waals surface area contributed by atoms with Crippen molar-refractivity contribution in [2.24, 2.45) is 0 Å². The number of hydrogen-bond donors (Lipinski definition) is 1. The summed E-state index contributed by atoms with van der Waals surface area (Å²) < 4.78 is 0. The van der Waals surface area contributed by atoms with Gasteiger partial charge in [-0.1, -0.05) is 37.3 Å². The molecule has 0 amide bonds. The summed E-state index contributed by atoms with van der Waals surface area (Å²) in [5, 5.41) is 3.52. The molecule has 0 aliphatic carbocycles. The summed E-state index contributed by atoms with van der Waals surface area (Å²) in [5.41, 5.74) is 1.46. The van der Waals surface area contributed by atoms with E-state index in [1.54, 1.807) is 0 Å². The Labute approximate surface area is 93.9 Å². The number of unbranched alkanes of at least 4 members (excludes halogenated alkanes) is 1. The average Bonchev–Trinajstić information content (AvgIpc) is 2.29. The first-order chi connectivity index (χ1) is 7.33. The van der Waals surface area contributed by atoms with Crippen LogP contribution in [0.4, 0.5) is 0 Å². The zero-order valence-corrected chi connectivity index (χ0v) is 10.00. The lowest BCUT2D eigenvalue weighted by Gasteiger charge is -2.10. The van der Waals surface area contributed by atoms with E-state index in [1.165, 1.54) is 31.2 Å². The topological polar surface area (TPSA) is 12.0 Å². The Balaban J connectivity index is 2.03. The van der Waals surface area contributed by atoms with Gasteiger partial charge in [0.15, 0.2) is 0 Å². The molecule has 1 aromatic carbocycles. The van der Waals surface area contributed by atoms with Gasteiger partial charge in [0.1, 0.15) is 0 Å². The lowest BCUT2D eigenvalue weighted by Crippen LogP contribution is -2.26. The number of rotatable bonds is 7. The van der Waals surface area contributed by atoms with E-state index < -0.39 is 0 Å². The van der Waals surface area contributed by atoms with Crippen LogP contribution in [0.2, 0.25) is 0 Å².